The molecule has 0 saturated heterocycles. The second kappa shape index (κ2) is 8.92. The van der Waals surface area contributed by atoms with Gasteiger partial charge in [-0.05, 0) is 64.0 Å². The molecule has 0 aromatic carbocycles. The predicted octanol–water partition coefficient (Wildman–Crippen LogP) is 4.92. The lowest BCUT2D eigenvalue weighted by Crippen LogP contribution is -2.06. The van der Waals surface area contributed by atoms with Crippen LogP contribution in [0, 0.1) is 5.92 Å². The summed E-state index contributed by atoms with van der Waals surface area (Å²) < 4.78 is 0. The van der Waals surface area contributed by atoms with Crippen LogP contribution < -0.4 is 5.73 Å². The van der Waals surface area contributed by atoms with Crippen LogP contribution in [0.4, 0.5) is 0 Å². The van der Waals surface area contributed by atoms with E-state index < -0.39 is 0 Å². The van der Waals surface area contributed by atoms with Crippen molar-refractivity contribution in [2.24, 2.45) is 11.7 Å². The molecule has 0 amide bonds. The average molecular weight is 259 g/mol. The van der Waals surface area contributed by atoms with E-state index in [0.29, 0.717) is 0 Å². The fourth-order valence-corrected chi connectivity index (χ4v) is 2.53. The van der Waals surface area contributed by atoms with E-state index in [1.54, 1.807) is 11.1 Å². The molecule has 0 radical (unpaired) electrons. The molecule has 1 atom stereocenters. The topological polar surface area (TPSA) is 26.0 Å². The van der Waals surface area contributed by atoms with Gasteiger partial charge in [0.1, 0.15) is 0 Å². The quantitative estimate of drug-likeness (QED) is 0.531. The summed E-state index contributed by atoms with van der Waals surface area (Å²) in [5.41, 5.74) is 9.89. The molecule has 19 heavy (non-hydrogen) atoms. The lowest BCUT2D eigenvalue weighted by molar-refractivity contribution is 0.546. The Morgan fingerprint density at radius 2 is 2.21 bits per heavy atom. The second-order valence-electron chi connectivity index (χ2n) is 5.63. The molecule has 0 aliphatic heterocycles. The third-order valence-electron chi connectivity index (χ3n) is 3.81. The molecule has 1 unspecified atom stereocenters. The Kier molecular flexibility index (Phi) is 7.50. The monoisotopic (exact) mass is 259 g/mol. The van der Waals surface area contributed by atoms with Crippen LogP contribution in [-0.4, -0.2) is 6.54 Å². The molecule has 0 fully saturated rings. The van der Waals surface area contributed by atoms with Gasteiger partial charge < -0.3 is 5.73 Å². The molecule has 0 heterocycles. The fraction of sp³-hybridized carbons (Fsp3) is 0.556. The highest BCUT2D eigenvalue weighted by molar-refractivity contribution is 5.34. The van der Waals surface area contributed by atoms with Crippen LogP contribution in [0.2, 0.25) is 0 Å². The highest BCUT2D eigenvalue weighted by Crippen LogP contribution is 2.30. The number of hydrogen-bond acceptors (Lipinski definition) is 1. The number of nitrogens with two attached hydrogens (primary N) is 1. The van der Waals surface area contributed by atoms with Crippen molar-refractivity contribution in [3.63, 3.8) is 0 Å². The lowest BCUT2D eigenvalue weighted by Gasteiger charge is -2.22. The molecule has 1 rings (SSSR count). The summed E-state index contributed by atoms with van der Waals surface area (Å²) in [7, 11) is 0. The second-order valence-corrected chi connectivity index (χ2v) is 5.63. The maximum atomic E-state index is 5.46. The molecule has 2 N–H and O–H groups in total. The van der Waals surface area contributed by atoms with Crippen molar-refractivity contribution in [3.8, 4) is 0 Å². The highest BCUT2D eigenvalue weighted by atomic mass is 14.5. The van der Waals surface area contributed by atoms with Crippen LogP contribution in [0.25, 0.3) is 0 Å². The minimum Gasteiger partial charge on any atom is -0.330 e. The van der Waals surface area contributed by atoms with Crippen molar-refractivity contribution in [1.82, 2.24) is 0 Å². The summed E-state index contributed by atoms with van der Waals surface area (Å²) in [6.07, 6.45) is 17.2. The van der Waals surface area contributed by atoms with Gasteiger partial charge in [-0.1, -0.05) is 48.5 Å². The zero-order chi connectivity index (χ0) is 14.1. The smallest absolute Gasteiger partial charge is 0.00743 e. The Balaban J connectivity index is 2.55. The van der Waals surface area contributed by atoms with Gasteiger partial charge >= 0.3 is 0 Å². The zero-order valence-electron chi connectivity index (χ0n) is 12.8. The Labute approximate surface area is 119 Å². The lowest BCUT2D eigenvalue weighted by atomic mass is 9.84. The van der Waals surface area contributed by atoms with Crippen molar-refractivity contribution in [2.75, 3.05) is 6.54 Å². The molecule has 0 saturated carbocycles. The van der Waals surface area contributed by atoms with Crippen molar-refractivity contribution in [1.29, 1.82) is 0 Å². The van der Waals surface area contributed by atoms with E-state index >= 15 is 0 Å². The van der Waals surface area contributed by atoms with E-state index in [9.17, 15) is 0 Å². The number of rotatable bonds is 6. The Morgan fingerprint density at radius 1 is 1.42 bits per heavy atom. The van der Waals surface area contributed by atoms with E-state index in [4.69, 9.17) is 5.73 Å². The first-order valence-electron chi connectivity index (χ1n) is 7.56. The predicted molar refractivity (Wildman–Crippen MR) is 86.0 cm³/mol. The van der Waals surface area contributed by atoms with Crippen LogP contribution in [0.3, 0.4) is 0 Å². The molecule has 0 bridgehead atoms. The average Bonchev–Trinajstić information content (AvgIpc) is 2.38. The summed E-state index contributed by atoms with van der Waals surface area (Å²) in [6, 6.07) is 0. The summed E-state index contributed by atoms with van der Waals surface area (Å²) >= 11 is 0. The van der Waals surface area contributed by atoms with Gasteiger partial charge in [0.15, 0.2) is 0 Å². The molecule has 0 aromatic heterocycles. The molecule has 1 nitrogen and oxygen atoms in total. The van der Waals surface area contributed by atoms with Crippen LogP contribution in [0.1, 0.15) is 52.9 Å². The maximum Gasteiger partial charge on any atom is -0.00743 e. The van der Waals surface area contributed by atoms with Crippen LogP contribution in [0.5, 0.6) is 0 Å². The molecular formula is C18H29N. The standard InChI is InChI=1S/C18H29N/c1-15(9-6-4-5-7-14-19)12-13-18-16(2)10-8-11-17(18)3/h4,6,9,12-13,16H,5,7-8,10-11,14,19H2,1-3H3/b6-4+,13-12+,15-9+. The molecular weight excluding hydrogens is 230 g/mol. The fourth-order valence-electron chi connectivity index (χ4n) is 2.53. The Bertz CT molecular complexity index is 382. The number of allylic oxidation sites excluding steroid dienone is 8. The first-order valence-corrected chi connectivity index (χ1v) is 7.56. The summed E-state index contributed by atoms with van der Waals surface area (Å²) in [6.45, 7) is 7.56. The van der Waals surface area contributed by atoms with Gasteiger partial charge in [-0.15, -0.1) is 0 Å². The van der Waals surface area contributed by atoms with Crippen molar-refractivity contribution in [2.45, 2.75) is 52.9 Å². The van der Waals surface area contributed by atoms with Gasteiger partial charge in [-0.2, -0.15) is 0 Å². The van der Waals surface area contributed by atoms with Crippen molar-refractivity contribution in [3.05, 3.63) is 47.1 Å². The number of hydrogen-bond donors (Lipinski definition) is 1. The van der Waals surface area contributed by atoms with E-state index in [0.717, 1.165) is 25.3 Å². The largest absolute Gasteiger partial charge is 0.330 e. The first-order chi connectivity index (χ1) is 9.15. The maximum absolute atomic E-state index is 5.46. The highest BCUT2D eigenvalue weighted by Gasteiger charge is 2.14. The van der Waals surface area contributed by atoms with E-state index in [2.05, 4.69) is 51.2 Å². The minimum absolute atomic E-state index is 0.720. The molecule has 106 valence electrons. The van der Waals surface area contributed by atoms with Gasteiger partial charge in [-0.25, -0.2) is 0 Å². The normalized spacial score (nSPS) is 21.9. The summed E-state index contributed by atoms with van der Waals surface area (Å²) in [4.78, 5) is 0. The van der Waals surface area contributed by atoms with E-state index in [-0.39, 0.29) is 0 Å². The van der Waals surface area contributed by atoms with Gasteiger partial charge in [0.2, 0.25) is 0 Å². The SMILES string of the molecule is CC1=C(/C=C/C(C)=C/C=C/CCCN)C(C)CCC1. The van der Waals surface area contributed by atoms with Crippen LogP contribution in [-0.2, 0) is 0 Å². The van der Waals surface area contributed by atoms with E-state index in [1.165, 1.54) is 24.8 Å². The number of unbranched alkanes of at least 4 members (excludes halogenated alkanes) is 1. The van der Waals surface area contributed by atoms with E-state index in [1.807, 2.05) is 0 Å². The summed E-state index contributed by atoms with van der Waals surface area (Å²) in [5.74, 6) is 0.720. The molecule has 1 heteroatoms. The zero-order valence-corrected chi connectivity index (χ0v) is 12.8. The molecule has 1 aliphatic carbocycles. The Hall–Kier alpha value is -1.08. The van der Waals surface area contributed by atoms with Gasteiger partial charge in [-0.3, -0.25) is 0 Å². The van der Waals surface area contributed by atoms with Gasteiger partial charge in [0.05, 0.1) is 0 Å². The third kappa shape index (κ3) is 6.07. The molecule has 0 spiro atoms. The molecule has 1 aliphatic rings. The Morgan fingerprint density at radius 3 is 2.89 bits per heavy atom. The van der Waals surface area contributed by atoms with Crippen LogP contribution >= 0.6 is 0 Å². The van der Waals surface area contributed by atoms with Crippen molar-refractivity contribution >= 4 is 0 Å². The first kappa shape index (κ1) is 16.0. The molecule has 0 aromatic rings. The van der Waals surface area contributed by atoms with Gasteiger partial charge in [0, 0.05) is 0 Å². The van der Waals surface area contributed by atoms with Gasteiger partial charge in [0.25, 0.3) is 0 Å². The third-order valence-corrected chi connectivity index (χ3v) is 3.81. The summed E-state index contributed by atoms with van der Waals surface area (Å²) in [5, 5.41) is 0. The minimum atomic E-state index is 0.720. The van der Waals surface area contributed by atoms with Crippen LogP contribution in [0.15, 0.2) is 47.1 Å². The van der Waals surface area contributed by atoms with Crippen molar-refractivity contribution < 1.29 is 0 Å².